The van der Waals surface area contributed by atoms with Crippen LogP contribution >= 0.6 is 11.6 Å². The van der Waals surface area contributed by atoms with Gasteiger partial charge >= 0.3 is 0 Å². The summed E-state index contributed by atoms with van der Waals surface area (Å²) < 4.78 is 12.7. The van der Waals surface area contributed by atoms with Crippen LogP contribution in [0.4, 0.5) is 4.39 Å². The summed E-state index contributed by atoms with van der Waals surface area (Å²) in [7, 11) is 0. The van der Waals surface area contributed by atoms with Crippen LogP contribution in [-0.4, -0.2) is 0 Å². The normalized spacial score (nSPS) is 10.2. The Balaban J connectivity index is 2.88. The molecule has 1 aromatic carbocycles. The van der Waals surface area contributed by atoms with E-state index >= 15 is 0 Å². The third-order valence-corrected chi connectivity index (χ3v) is 1.81. The quantitative estimate of drug-likeness (QED) is 0.710. The van der Waals surface area contributed by atoms with E-state index in [1.54, 1.807) is 12.2 Å². The molecule has 0 aromatic heterocycles. The Morgan fingerprint density at radius 2 is 2.31 bits per heavy atom. The lowest BCUT2D eigenvalue weighted by atomic mass is 10.2. The molecular formula is C10H7ClFN. The maximum atomic E-state index is 12.7. The molecule has 0 amide bonds. The molecule has 0 atom stereocenters. The van der Waals surface area contributed by atoms with Crippen molar-refractivity contribution < 1.29 is 4.39 Å². The average molecular weight is 196 g/mol. The minimum Gasteiger partial charge on any atom is -0.207 e. The van der Waals surface area contributed by atoms with Gasteiger partial charge in [-0.15, -0.1) is 0 Å². The van der Waals surface area contributed by atoms with Crippen LogP contribution in [0.15, 0.2) is 24.3 Å². The van der Waals surface area contributed by atoms with E-state index in [1.807, 2.05) is 6.07 Å². The number of nitrogens with zero attached hydrogens (tertiary/aromatic N) is 1. The molecule has 1 aromatic rings. The minimum absolute atomic E-state index is 0.298. The number of allylic oxidation sites excluding steroid dienone is 1. The highest BCUT2D eigenvalue weighted by atomic mass is 35.5. The number of benzene rings is 1. The summed E-state index contributed by atoms with van der Waals surface area (Å²) in [6, 6.07) is 6.06. The van der Waals surface area contributed by atoms with Crippen molar-refractivity contribution in [2.24, 2.45) is 0 Å². The van der Waals surface area contributed by atoms with Crippen molar-refractivity contribution in [1.29, 1.82) is 5.26 Å². The Hall–Kier alpha value is -1.33. The molecule has 0 heterocycles. The second-order valence-corrected chi connectivity index (χ2v) is 2.84. The molecule has 0 unspecified atom stereocenters. The van der Waals surface area contributed by atoms with E-state index in [4.69, 9.17) is 16.9 Å². The predicted octanol–water partition coefficient (Wildman–Crippen LogP) is 3.41. The van der Waals surface area contributed by atoms with E-state index in [0.29, 0.717) is 17.0 Å². The zero-order chi connectivity index (χ0) is 9.68. The lowest BCUT2D eigenvalue weighted by Crippen LogP contribution is -1.78. The van der Waals surface area contributed by atoms with E-state index in [1.165, 1.54) is 18.2 Å². The summed E-state index contributed by atoms with van der Waals surface area (Å²) in [6.45, 7) is 0. The first-order chi connectivity index (χ1) is 6.24. The molecule has 0 aliphatic carbocycles. The lowest BCUT2D eigenvalue weighted by Gasteiger charge is -1.96. The smallest absolute Gasteiger partial charge is 0.123 e. The molecule has 1 nitrogen and oxygen atoms in total. The zero-order valence-electron chi connectivity index (χ0n) is 6.80. The van der Waals surface area contributed by atoms with Crippen molar-refractivity contribution in [3.8, 4) is 6.07 Å². The topological polar surface area (TPSA) is 23.8 Å². The van der Waals surface area contributed by atoms with Crippen LogP contribution in [0.5, 0.6) is 0 Å². The summed E-state index contributed by atoms with van der Waals surface area (Å²) in [5, 5.41) is 8.74. The largest absolute Gasteiger partial charge is 0.207 e. The molecular weight excluding hydrogens is 189 g/mol. The molecule has 0 N–H and O–H groups in total. The second kappa shape index (κ2) is 4.64. The van der Waals surface area contributed by atoms with Gasteiger partial charge in [0.1, 0.15) is 5.82 Å². The fourth-order valence-electron chi connectivity index (χ4n) is 0.881. The number of nitriles is 1. The highest BCUT2D eigenvalue weighted by Gasteiger charge is 1.97. The van der Waals surface area contributed by atoms with E-state index in [9.17, 15) is 4.39 Å². The highest BCUT2D eigenvalue weighted by Crippen LogP contribution is 2.18. The van der Waals surface area contributed by atoms with Gasteiger partial charge in [0, 0.05) is 5.02 Å². The first kappa shape index (κ1) is 9.76. The molecule has 0 radical (unpaired) electrons. The maximum Gasteiger partial charge on any atom is 0.123 e. The third-order valence-electron chi connectivity index (χ3n) is 1.46. The van der Waals surface area contributed by atoms with Crippen LogP contribution in [0.3, 0.4) is 0 Å². The van der Waals surface area contributed by atoms with Crippen molar-refractivity contribution in [1.82, 2.24) is 0 Å². The standard InChI is InChI=1S/C10H7ClFN/c11-10-5-4-9(12)7-8(10)3-1-2-6-13/h1,3-5,7H,2H2. The average Bonchev–Trinajstić information content (AvgIpc) is 2.11. The van der Waals surface area contributed by atoms with Crippen LogP contribution in [0.25, 0.3) is 6.08 Å². The monoisotopic (exact) mass is 195 g/mol. The molecule has 0 fully saturated rings. The van der Waals surface area contributed by atoms with E-state index in [-0.39, 0.29) is 5.82 Å². The lowest BCUT2D eigenvalue weighted by molar-refractivity contribution is 0.627. The first-order valence-electron chi connectivity index (χ1n) is 3.72. The Bertz CT molecular complexity index is 366. The van der Waals surface area contributed by atoms with Crippen molar-refractivity contribution in [2.75, 3.05) is 0 Å². The van der Waals surface area contributed by atoms with Crippen LogP contribution in [0.1, 0.15) is 12.0 Å². The minimum atomic E-state index is -0.332. The summed E-state index contributed by atoms with van der Waals surface area (Å²) >= 11 is 5.77. The van der Waals surface area contributed by atoms with Gasteiger partial charge in [-0.1, -0.05) is 23.8 Å². The zero-order valence-corrected chi connectivity index (χ0v) is 7.55. The van der Waals surface area contributed by atoms with Crippen LogP contribution in [0, 0.1) is 17.1 Å². The van der Waals surface area contributed by atoms with Gasteiger partial charge in [-0.3, -0.25) is 0 Å². The van der Waals surface area contributed by atoms with Crippen LogP contribution in [0.2, 0.25) is 5.02 Å². The third kappa shape index (κ3) is 2.89. The van der Waals surface area contributed by atoms with E-state index in [0.717, 1.165) is 0 Å². The van der Waals surface area contributed by atoms with Gasteiger partial charge in [-0.05, 0) is 23.8 Å². The van der Waals surface area contributed by atoms with Gasteiger partial charge < -0.3 is 0 Å². The SMILES string of the molecule is N#CCC=Cc1cc(F)ccc1Cl. The van der Waals surface area contributed by atoms with Gasteiger partial charge in [-0.2, -0.15) is 5.26 Å². The van der Waals surface area contributed by atoms with E-state index in [2.05, 4.69) is 0 Å². The van der Waals surface area contributed by atoms with Crippen molar-refractivity contribution in [3.63, 3.8) is 0 Å². The molecule has 0 saturated carbocycles. The fraction of sp³-hybridized carbons (Fsp3) is 0.100. The van der Waals surface area contributed by atoms with Gasteiger partial charge in [-0.25, -0.2) is 4.39 Å². The van der Waals surface area contributed by atoms with E-state index < -0.39 is 0 Å². The number of hydrogen-bond acceptors (Lipinski definition) is 1. The Morgan fingerprint density at radius 1 is 1.54 bits per heavy atom. The molecule has 0 aliphatic rings. The molecule has 3 heteroatoms. The van der Waals surface area contributed by atoms with Crippen molar-refractivity contribution >= 4 is 17.7 Å². The Morgan fingerprint density at radius 3 is 3.00 bits per heavy atom. The Labute approximate surface area is 81.1 Å². The summed E-state index contributed by atoms with van der Waals surface area (Å²) in [4.78, 5) is 0. The molecule has 66 valence electrons. The number of halogens is 2. The number of rotatable bonds is 2. The summed E-state index contributed by atoms with van der Waals surface area (Å²) in [5.41, 5.74) is 0.594. The molecule has 0 saturated heterocycles. The van der Waals surface area contributed by atoms with Gasteiger partial charge in [0.25, 0.3) is 0 Å². The predicted molar refractivity (Wildman–Crippen MR) is 50.7 cm³/mol. The highest BCUT2D eigenvalue weighted by molar-refractivity contribution is 6.32. The molecule has 0 bridgehead atoms. The Kier molecular flexibility index (Phi) is 3.48. The van der Waals surface area contributed by atoms with Crippen LogP contribution in [-0.2, 0) is 0 Å². The van der Waals surface area contributed by atoms with Crippen molar-refractivity contribution in [2.45, 2.75) is 6.42 Å². The fourth-order valence-corrected chi connectivity index (χ4v) is 1.06. The molecule has 0 spiro atoms. The maximum absolute atomic E-state index is 12.7. The summed E-state index contributed by atoms with van der Waals surface area (Å²) in [5.74, 6) is -0.332. The number of hydrogen-bond donors (Lipinski definition) is 0. The van der Waals surface area contributed by atoms with Crippen molar-refractivity contribution in [3.05, 3.63) is 40.7 Å². The second-order valence-electron chi connectivity index (χ2n) is 2.43. The van der Waals surface area contributed by atoms with Gasteiger partial charge in [0.05, 0.1) is 12.5 Å². The molecule has 1 rings (SSSR count). The van der Waals surface area contributed by atoms with Gasteiger partial charge in [0.15, 0.2) is 0 Å². The first-order valence-corrected chi connectivity index (χ1v) is 4.10. The van der Waals surface area contributed by atoms with Gasteiger partial charge in [0.2, 0.25) is 0 Å². The van der Waals surface area contributed by atoms with Crippen LogP contribution < -0.4 is 0 Å². The molecule has 13 heavy (non-hydrogen) atoms. The summed E-state index contributed by atoms with van der Waals surface area (Å²) in [6.07, 6.45) is 3.57. The molecule has 0 aliphatic heterocycles.